The molecule has 0 bridgehead atoms. The summed E-state index contributed by atoms with van der Waals surface area (Å²) >= 11 is 0.410. The van der Waals surface area contributed by atoms with E-state index in [0.717, 1.165) is 5.56 Å². The van der Waals surface area contributed by atoms with E-state index >= 15 is 0 Å². The van der Waals surface area contributed by atoms with E-state index in [1.807, 2.05) is 6.23 Å². The Morgan fingerprint density at radius 3 is 2.78 bits per heavy atom. The molecule has 0 aliphatic carbocycles. The molecular formula is C31H24FKN8O4. The van der Waals surface area contributed by atoms with E-state index in [0.29, 0.717) is 91.1 Å². The first-order chi connectivity index (χ1) is 21.9. The number of benzene rings is 2. The number of cyclic esters (lactones) is 1. The Hall–Kier alpha value is -4.44. The molecule has 0 unspecified atom stereocenters. The molecule has 4 heterocycles. The van der Waals surface area contributed by atoms with Crippen molar-refractivity contribution in [3.8, 4) is 34.5 Å². The van der Waals surface area contributed by atoms with Gasteiger partial charge in [0.25, 0.3) is 5.91 Å². The van der Waals surface area contributed by atoms with E-state index in [-0.39, 0.29) is 41.6 Å². The van der Waals surface area contributed by atoms with Gasteiger partial charge in [0, 0.05) is 43.8 Å². The van der Waals surface area contributed by atoms with E-state index < -0.39 is 11.7 Å². The predicted molar refractivity (Wildman–Crippen MR) is 162 cm³/mol. The summed E-state index contributed by atoms with van der Waals surface area (Å²) in [5.41, 5.74) is 3.12. The molecule has 4 aromatic rings. The van der Waals surface area contributed by atoms with Crippen molar-refractivity contribution in [3.63, 3.8) is 0 Å². The number of nitrogens with zero attached hydrogens (tertiary/aromatic N) is 7. The third kappa shape index (κ3) is 6.96. The maximum absolute atomic E-state index is 14.7. The average Bonchev–Trinajstić information content (AvgIpc) is 3.44. The van der Waals surface area contributed by atoms with Gasteiger partial charge in [-0.15, -0.1) is 0 Å². The van der Waals surface area contributed by atoms with E-state index in [4.69, 9.17) is 14.7 Å². The summed E-state index contributed by atoms with van der Waals surface area (Å²) in [5, 5.41) is 20.0. The van der Waals surface area contributed by atoms with Gasteiger partial charge in [-0.2, -0.15) is 5.26 Å². The first-order valence-corrected chi connectivity index (χ1v) is 15.4. The summed E-state index contributed by atoms with van der Waals surface area (Å²) in [6.07, 6.45) is 4.23. The van der Waals surface area contributed by atoms with Gasteiger partial charge in [0.15, 0.2) is 5.82 Å². The first-order valence-electron chi connectivity index (χ1n) is 13.8. The molecule has 1 atom stereocenters. The van der Waals surface area contributed by atoms with Crippen LogP contribution in [0.1, 0.15) is 16.1 Å². The fourth-order valence-corrected chi connectivity index (χ4v) is 5.18. The molecule has 2 saturated heterocycles. The number of nitrogens with one attached hydrogen (secondary N) is 1. The van der Waals surface area contributed by atoms with Crippen molar-refractivity contribution in [1.82, 2.24) is 19.9 Å². The molecule has 0 spiro atoms. The summed E-state index contributed by atoms with van der Waals surface area (Å²) < 4.78 is 27.1. The van der Waals surface area contributed by atoms with Crippen LogP contribution < -0.4 is 15.0 Å². The van der Waals surface area contributed by atoms with Crippen LogP contribution in [0.25, 0.3) is 22.5 Å². The number of hydrogen-bond acceptors (Lipinski definition) is 10. The van der Waals surface area contributed by atoms with Gasteiger partial charge in [-0.25, -0.2) is 19.2 Å². The van der Waals surface area contributed by atoms with Gasteiger partial charge in [-0.1, -0.05) is 12.1 Å². The van der Waals surface area contributed by atoms with Crippen molar-refractivity contribution >= 4 is 72.3 Å². The van der Waals surface area contributed by atoms with E-state index in [9.17, 15) is 19.2 Å². The number of carbonyl (C=O) groups is 2. The molecule has 2 aliphatic heterocycles. The minimum absolute atomic E-state index is 0.0100. The number of anilines is 2. The van der Waals surface area contributed by atoms with Crippen LogP contribution in [0.3, 0.4) is 0 Å². The standard InChI is InChI=1S/C30H24FN7O4.CN.K/c1-41-26-4-2-3-22(31)27(26)28-34-10-8-24(35-28)29(39)36-23-6-5-18(21-15-33-9-7-19(21)14-32)13-25(23)37-11-12-38-20(16-37)17-42-30(38)40;1-2;/h2-10,13,15,20H,11-12,16-17H2,1H3,(H,36,39);;/t20-;;/m1../s1. The summed E-state index contributed by atoms with van der Waals surface area (Å²) in [6, 6.07) is 14.9. The van der Waals surface area contributed by atoms with Gasteiger partial charge in [0.1, 0.15) is 23.9 Å². The zero-order valence-electron chi connectivity index (χ0n) is 24.4. The molecule has 2 aromatic carbocycles. The van der Waals surface area contributed by atoms with Crippen LogP contribution in [0.4, 0.5) is 20.6 Å². The zero-order valence-corrected chi connectivity index (χ0v) is 27.5. The Morgan fingerprint density at radius 2 is 2.00 bits per heavy atom. The normalized spacial score (nSPS) is 15.1. The van der Waals surface area contributed by atoms with Crippen LogP contribution in [-0.2, 0) is 4.74 Å². The van der Waals surface area contributed by atoms with Crippen molar-refractivity contribution in [1.29, 1.82) is 10.5 Å². The van der Waals surface area contributed by atoms with E-state index in [1.54, 1.807) is 41.6 Å². The third-order valence-electron chi connectivity index (χ3n) is 7.26. The number of ether oxygens (including phenoxy) is 2. The number of rotatable bonds is 6. The number of pyridine rings is 1. The third-order valence-corrected chi connectivity index (χ3v) is 7.26. The number of fused-ring (bicyclic) bond motifs is 1. The van der Waals surface area contributed by atoms with Crippen LogP contribution in [0.2, 0.25) is 0 Å². The topological polar surface area (TPSA) is 157 Å². The molecule has 2 fully saturated rings. The Bertz CT molecular complexity index is 1840. The maximum atomic E-state index is 14.7. The van der Waals surface area contributed by atoms with Crippen LogP contribution >= 0.6 is 0 Å². The molecule has 1 N–H and O–H groups in total. The number of halogens is 1. The summed E-state index contributed by atoms with van der Waals surface area (Å²) in [6.45, 7) is 1.72. The number of aromatic nitrogens is 3. The molecule has 6 rings (SSSR count). The average molecular weight is 631 g/mol. The van der Waals surface area contributed by atoms with Crippen molar-refractivity contribution in [2.75, 3.05) is 43.6 Å². The minimum atomic E-state index is -0.578. The van der Waals surface area contributed by atoms with Gasteiger partial charge in [0.05, 0.1) is 41.7 Å². The van der Waals surface area contributed by atoms with E-state index in [2.05, 4.69) is 31.2 Å². The van der Waals surface area contributed by atoms with E-state index in [1.165, 1.54) is 31.5 Å². The monoisotopic (exact) mass is 630 g/mol. The second-order valence-electron chi connectivity index (χ2n) is 9.90. The molecule has 2 aromatic heterocycles. The van der Waals surface area contributed by atoms with Gasteiger partial charge in [0.2, 0.25) is 0 Å². The van der Waals surface area contributed by atoms with Crippen LogP contribution in [0.5, 0.6) is 5.75 Å². The van der Waals surface area contributed by atoms with Crippen LogP contribution in [0, 0.1) is 22.6 Å². The molecule has 2 amide bonds. The van der Waals surface area contributed by atoms with Gasteiger partial charge < -0.3 is 19.7 Å². The van der Waals surface area contributed by atoms with Gasteiger partial charge in [-0.05, 0) is 42.0 Å². The van der Waals surface area contributed by atoms with Gasteiger partial charge in [-0.3, -0.25) is 14.7 Å². The number of nitriles is 2. The molecule has 14 heteroatoms. The number of carbonyl (C=O) groups excluding carboxylic acids is 2. The molecule has 0 radical (unpaired) electrons. The molecule has 220 valence electrons. The Labute approximate surface area is 292 Å². The van der Waals surface area contributed by atoms with Crippen LogP contribution in [0.15, 0.2) is 67.1 Å². The Kier molecular flexibility index (Phi) is 10.3. The zero-order chi connectivity index (χ0) is 31.9. The number of piperazine rings is 1. The van der Waals surface area contributed by atoms with Crippen molar-refractivity contribution in [2.24, 2.45) is 0 Å². The van der Waals surface area contributed by atoms with Crippen molar-refractivity contribution in [2.45, 2.75) is 6.04 Å². The predicted octanol–water partition coefficient (Wildman–Crippen LogP) is 3.75. The second kappa shape index (κ2) is 14.6. The van der Waals surface area contributed by atoms with Crippen molar-refractivity contribution < 1.29 is 23.5 Å². The molecule has 12 nitrogen and oxygen atoms in total. The Balaban J connectivity index is 0.00000128. The number of methoxy groups -OCH3 is 1. The quantitative estimate of drug-likeness (QED) is 0.311. The Morgan fingerprint density at radius 1 is 1.18 bits per heavy atom. The second-order valence-corrected chi connectivity index (χ2v) is 10.6. The van der Waals surface area contributed by atoms with Crippen LogP contribution in [-0.4, -0.2) is 120 Å². The van der Waals surface area contributed by atoms with Crippen molar-refractivity contribution in [3.05, 3.63) is 84.2 Å². The molecular weight excluding hydrogens is 606 g/mol. The summed E-state index contributed by atoms with van der Waals surface area (Å²) in [5.74, 6) is -0.854. The fourth-order valence-electron chi connectivity index (χ4n) is 5.18. The molecule has 2 aliphatic rings. The number of amides is 2. The molecule has 0 saturated carbocycles. The summed E-state index contributed by atoms with van der Waals surface area (Å²) in [4.78, 5) is 42.0. The first kappa shape index (κ1) is 32.0. The SMILES string of the molecule is COc1cccc(F)c1-c1nccc(C(=O)Nc2ccc(-c3cnccc3C#N)cc2N2CCN3C(=O)OC[C@H]3C2)n1.N#[C][K]. The fraction of sp³-hybridized carbons (Fsp3) is 0.194. The molecule has 45 heavy (non-hydrogen) atoms. The van der Waals surface area contributed by atoms with Gasteiger partial charge >= 0.3 is 60.5 Å². The number of hydrogen-bond donors (Lipinski definition) is 1. The summed E-state index contributed by atoms with van der Waals surface area (Å²) in [7, 11) is 1.42.